The zero-order valence-corrected chi connectivity index (χ0v) is 11.9. The van der Waals surface area contributed by atoms with Crippen molar-refractivity contribution in [1.82, 2.24) is 0 Å². The lowest BCUT2D eigenvalue weighted by Gasteiger charge is -1.93. The van der Waals surface area contributed by atoms with E-state index in [-0.39, 0.29) is 0 Å². The molecule has 0 saturated carbocycles. The number of halogens is 7. The van der Waals surface area contributed by atoms with E-state index in [1.807, 2.05) is 18.2 Å². The summed E-state index contributed by atoms with van der Waals surface area (Å²) in [5.74, 6) is -5.51. The van der Waals surface area contributed by atoms with E-state index in [0.717, 1.165) is 0 Å². The lowest BCUT2D eigenvalue weighted by molar-refractivity contribution is -0.193. The van der Waals surface area contributed by atoms with E-state index in [1.165, 1.54) is 3.57 Å². The number of hydrogen-bond donors (Lipinski definition) is 2. The Morgan fingerprint density at radius 2 is 1.05 bits per heavy atom. The van der Waals surface area contributed by atoms with Gasteiger partial charge in [0, 0.05) is 3.57 Å². The summed E-state index contributed by atoms with van der Waals surface area (Å²) in [4.78, 5) is 17.8. The highest BCUT2D eigenvalue weighted by Gasteiger charge is 2.38. The van der Waals surface area contributed by atoms with Gasteiger partial charge in [-0.1, -0.05) is 18.2 Å². The van der Waals surface area contributed by atoms with Crippen LogP contribution in [0, 0.1) is 3.57 Å². The smallest absolute Gasteiger partial charge is 0.475 e. The Kier molecular flexibility index (Phi) is 9.76. The number of carbonyl (C=O) groups is 2. The molecule has 2 N–H and O–H groups in total. The van der Waals surface area contributed by atoms with Gasteiger partial charge in [-0.05, 0) is 34.7 Å². The largest absolute Gasteiger partial charge is 0.490 e. The first-order valence-corrected chi connectivity index (χ1v) is 5.67. The lowest BCUT2D eigenvalue weighted by atomic mass is 10.4. The Bertz CT molecular complexity index is 419. The normalized spacial score (nSPS) is 10.4. The number of hydrogen-bond acceptors (Lipinski definition) is 2. The molecule has 1 aromatic carbocycles. The van der Waals surface area contributed by atoms with Crippen LogP contribution in [0.1, 0.15) is 0 Å². The fraction of sp³-hybridized carbons (Fsp3) is 0.200. The van der Waals surface area contributed by atoms with Gasteiger partial charge in [0.2, 0.25) is 0 Å². The fourth-order valence-electron chi connectivity index (χ4n) is 0.415. The topological polar surface area (TPSA) is 74.6 Å². The van der Waals surface area contributed by atoms with Crippen LogP contribution in [0.2, 0.25) is 0 Å². The van der Waals surface area contributed by atoms with Crippen LogP contribution in [-0.4, -0.2) is 34.5 Å². The first-order valence-electron chi connectivity index (χ1n) is 4.59. The van der Waals surface area contributed by atoms with Crippen molar-refractivity contribution in [3.8, 4) is 0 Å². The molecule has 0 saturated heterocycles. The highest BCUT2D eigenvalue weighted by molar-refractivity contribution is 14.1. The summed E-state index contributed by atoms with van der Waals surface area (Å²) in [6.07, 6.45) is -10.2. The second kappa shape index (κ2) is 9.41. The molecule has 4 nitrogen and oxygen atoms in total. The van der Waals surface area contributed by atoms with Crippen LogP contribution in [0.25, 0.3) is 0 Å². The Hall–Kier alpha value is -1.53. The number of carboxylic acid groups (broad SMARTS) is 2. The molecule has 0 aliphatic carbocycles. The number of rotatable bonds is 0. The van der Waals surface area contributed by atoms with Crippen LogP contribution in [0.15, 0.2) is 30.3 Å². The number of alkyl halides is 6. The van der Waals surface area contributed by atoms with Crippen molar-refractivity contribution in [3.63, 3.8) is 0 Å². The Balaban J connectivity index is 0. The van der Waals surface area contributed by atoms with Crippen LogP contribution >= 0.6 is 22.6 Å². The predicted octanol–water partition coefficient (Wildman–Crippen LogP) is 3.56. The first-order chi connectivity index (χ1) is 9.28. The van der Waals surface area contributed by atoms with Gasteiger partial charge in [-0.25, -0.2) is 9.59 Å². The van der Waals surface area contributed by atoms with E-state index >= 15 is 0 Å². The molecule has 1 aromatic rings. The van der Waals surface area contributed by atoms with Crippen LogP contribution in [0.3, 0.4) is 0 Å². The Morgan fingerprint density at radius 1 is 0.810 bits per heavy atom. The van der Waals surface area contributed by atoms with E-state index in [0.29, 0.717) is 0 Å². The van der Waals surface area contributed by atoms with Gasteiger partial charge < -0.3 is 10.2 Å². The van der Waals surface area contributed by atoms with Gasteiger partial charge in [0.15, 0.2) is 0 Å². The zero-order valence-electron chi connectivity index (χ0n) is 9.74. The van der Waals surface area contributed by atoms with Gasteiger partial charge in [0.25, 0.3) is 0 Å². The first kappa shape index (κ1) is 21.8. The summed E-state index contributed by atoms with van der Waals surface area (Å²) >= 11 is 2.28. The molecular weight excluding hydrogens is 425 g/mol. The third-order valence-electron chi connectivity index (χ3n) is 1.22. The van der Waals surface area contributed by atoms with Crippen LogP contribution in [0.4, 0.5) is 26.3 Å². The summed E-state index contributed by atoms with van der Waals surface area (Å²) < 4.78 is 64.8. The SMILES string of the molecule is Ic1ccccc1.O=C(O)C(F)(F)F.O=C(O)C(F)(F)F. The molecule has 0 fully saturated rings. The van der Waals surface area contributed by atoms with Gasteiger partial charge in [-0.15, -0.1) is 0 Å². The van der Waals surface area contributed by atoms with Gasteiger partial charge in [0.1, 0.15) is 0 Å². The minimum absolute atomic E-state index is 1.29. The molecule has 1 rings (SSSR count). The quantitative estimate of drug-likeness (QED) is 0.486. The maximum absolute atomic E-state index is 10.6. The molecule has 0 aliphatic rings. The Morgan fingerprint density at radius 3 is 1.14 bits per heavy atom. The van der Waals surface area contributed by atoms with E-state index in [9.17, 15) is 26.3 Å². The maximum Gasteiger partial charge on any atom is 0.490 e. The second-order valence-corrected chi connectivity index (χ2v) is 4.15. The van der Waals surface area contributed by atoms with E-state index in [2.05, 4.69) is 34.7 Å². The maximum atomic E-state index is 10.6. The standard InChI is InChI=1S/C6H5I.2C2HF3O2/c7-6-4-2-1-3-5-6;2*3-2(4,5)1(6)7/h1-5H;2*(H,6,7). The third kappa shape index (κ3) is 14.7. The number of aliphatic carboxylic acids is 2. The molecule has 0 spiro atoms. The predicted molar refractivity (Wildman–Crippen MR) is 66.5 cm³/mol. The molecule has 0 amide bonds. The van der Waals surface area contributed by atoms with Gasteiger partial charge in [-0.3, -0.25) is 0 Å². The van der Waals surface area contributed by atoms with Crippen molar-refractivity contribution in [2.24, 2.45) is 0 Å². The molecule has 120 valence electrons. The van der Waals surface area contributed by atoms with Gasteiger partial charge in [-0.2, -0.15) is 26.3 Å². The Labute approximate surface area is 127 Å². The second-order valence-electron chi connectivity index (χ2n) is 2.90. The molecule has 0 aromatic heterocycles. The summed E-state index contributed by atoms with van der Waals surface area (Å²) in [7, 11) is 0. The van der Waals surface area contributed by atoms with Crippen LogP contribution < -0.4 is 0 Å². The van der Waals surface area contributed by atoms with Gasteiger partial charge >= 0.3 is 24.3 Å². The van der Waals surface area contributed by atoms with Crippen molar-refractivity contribution in [2.45, 2.75) is 12.4 Å². The highest BCUT2D eigenvalue weighted by atomic mass is 127. The molecule has 0 radical (unpaired) electrons. The molecule has 0 atom stereocenters. The average molecular weight is 432 g/mol. The molecule has 0 bridgehead atoms. The molecule has 0 aliphatic heterocycles. The van der Waals surface area contributed by atoms with Crippen molar-refractivity contribution >= 4 is 34.5 Å². The van der Waals surface area contributed by atoms with Gasteiger partial charge in [0.05, 0.1) is 0 Å². The van der Waals surface area contributed by atoms with Crippen LogP contribution in [-0.2, 0) is 9.59 Å². The molecule has 21 heavy (non-hydrogen) atoms. The zero-order chi connectivity index (χ0) is 17.3. The summed E-state index contributed by atoms with van der Waals surface area (Å²) in [5.41, 5.74) is 0. The minimum Gasteiger partial charge on any atom is -0.475 e. The summed E-state index contributed by atoms with van der Waals surface area (Å²) in [5, 5.41) is 14.2. The monoisotopic (exact) mass is 432 g/mol. The molecule has 11 heteroatoms. The minimum atomic E-state index is -5.08. The van der Waals surface area contributed by atoms with E-state index in [1.54, 1.807) is 0 Å². The van der Waals surface area contributed by atoms with E-state index in [4.69, 9.17) is 19.8 Å². The fourth-order valence-corrected chi connectivity index (χ4v) is 0.830. The number of benzene rings is 1. The molecular formula is C10H7F6IO4. The number of carboxylic acids is 2. The van der Waals surface area contributed by atoms with Crippen molar-refractivity contribution in [2.75, 3.05) is 0 Å². The molecule has 0 heterocycles. The molecule has 0 unspecified atom stereocenters. The highest BCUT2D eigenvalue weighted by Crippen LogP contribution is 2.13. The lowest BCUT2D eigenvalue weighted by Crippen LogP contribution is -2.21. The van der Waals surface area contributed by atoms with Crippen LogP contribution in [0.5, 0.6) is 0 Å². The van der Waals surface area contributed by atoms with Crippen molar-refractivity contribution < 1.29 is 46.1 Å². The summed E-state index contributed by atoms with van der Waals surface area (Å²) in [6.45, 7) is 0. The summed E-state index contributed by atoms with van der Waals surface area (Å²) in [6, 6.07) is 10.2. The van der Waals surface area contributed by atoms with E-state index < -0.39 is 24.3 Å². The van der Waals surface area contributed by atoms with Crippen molar-refractivity contribution in [3.05, 3.63) is 33.9 Å². The average Bonchev–Trinajstić information content (AvgIpc) is 2.28. The third-order valence-corrected chi connectivity index (χ3v) is 1.94. The van der Waals surface area contributed by atoms with Crippen molar-refractivity contribution in [1.29, 1.82) is 0 Å².